The molecule has 302 valence electrons. The maximum absolute atomic E-state index is 16.0. The Bertz CT molecular complexity index is 3390. The van der Waals surface area contributed by atoms with Gasteiger partial charge in [0, 0.05) is 32.6 Å². The molecule has 0 N–H and O–H groups in total. The van der Waals surface area contributed by atoms with Gasteiger partial charge in [0.15, 0.2) is 24.6 Å². The fourth-order valence-corrected chi connectivity index (χ4v) is 11.8. The Balaban J connectivity index is 0.889. The number of nitrogens with zero attached hydrogens (tertiary/aromatic N) is 3. The smallest absolute Gasteiger partial charge is 0.172 e. The van der Waals surface area contributed by atoms with Gasteiger partial charge in [-0.25, -0.2) is 15.0 Å². The van der Waals surface area contributed by atoms with Crippen LogP contribution < -0.4 is 15.9 Å². The van der Waals surface area contributed by atoms with Crippen molar-refractivity contribution in [2.45, 2.75) is 0 Å². The number of aromatic nitrogens is 3. The van der Waals surface area contributed by atoms with Crippen LogP contribution in [-0.2, 0) is 4.57 Å². The normalized spacial score (nSPS) is 11.5. The van der Waals surface area contributed by atoms with Crippen molar-refractivity contribution in [2.24, 2.45) is 0 Å². The predicted molar refractivity (Wildman–Crippen MR) is 267 cm³/mol. The summed E-state index contributed by atoms with van der Waals surface area (Å²) < 4.78 is 16.0. The highest BCUT2D eigenvalue weighted by atomic mass is 31.2. The standard InChI is InChI=1S/C59H40N3OP/c63-64(55-23-11-19-47-15-7-9-21-53(47)55,56-24-12-20-48-16-8-10-22-54(48)56)52-39-37-46(38-40-52)44-27-25-43(26-28-44)45-31-35-51(36-32-45)59-61-57(49-17-5-2-6-18-49)60-58(62-59)50-33-29-42(30-34-50)41-13-3-1-4-14-41/h1-40H. The molecule has 0 bridgehead atoms. The Labute approximate surface area is 372 Å². The minimum atomic E-state index is -3.32. The second-order valence-corrected chi connectivity index (χ2v) is 18.6. The molecule has 0 atom stereocenters. The van der Waals surface area contributed by atoms with Gasteiger partial charge in [-0.1, -0.05) is 243 Å². The van der Waals surface area contributed by atoms with Crippen LogP contribution in [0.3, 0.4) is 0 Å². The summed E-state index contributed by atoms with van der Waals surface area (Å²) in [4.78, 5) is 14.9. The summed E-state index contributed by atoms with van der Waals surface area (Å²) in [5, 5.41) is 6.68. The Kier molecular flexibility index (Phi) is 10.1. The number of fused-ring (bicyclic) bond motifs is 2. The first kappa shape index (κ1) is 38.9. The molecule has 64 heavy (non-hydrogen) atoms. The Hall–Kier alpha value is -8.04. The van der Waals surface area contributed by atoms with Crippen LogP contribution in [-0.4, -0.2) is 15.0 Å². The van der Waals surface area contributed by atoms with Gasteiger partial charge in [-0.2, -0.15) is 0 Å². The highest BCUT2D eigenvalue weighted by Gasteiger charge is 2.33. The summed E-state index contributed by atoms with van der Waals surface area (Å²) in [5.74, 6) is 1.87. The maximum atomic E-state index is 16.0. The van der Waals surface area contributed by atoms with Gasteiger partial charge in [0.05, 0.1) is 0 Å². The SMILES string of the molecule is O=P(c1ccc(-c2ccc(-c3ccc(-c4nc(-c5ccccc5)nc(-c5ccc(-c6ccccc6)cc5)n4)cc3)cc2)cc1)(c1cccc2ccccc12)c1cccc2ccccc12. The summed E-state index contributed by atoms with van der Waals surface area (Å²) in [6, 6.07) is 82.9. The molecule has 1 heterocycles. The predicted octanol–water partition coefficient (Wildman–Crippen LogP) is 13.8. The van der Waals surface area contributed by atoms with E-state index in [-0.39, 0.29) is 0 Å². The van der Waals surface area contributed by atoms with E-state index in [9.17, 15) is 0 Å². The summed E-state index contributed by atoms with van der Waals surface area (Å²) in [6.07, 6.45) is 0. The van der Waals surface area contributed by atoms with Crippen molar-refractivity contribution in [1.29, 1.82) is 0 Å². The number of hydrogen-bond donors (Lipinski definition) is 0. The van der Waals surface area contributed by atoms with Gasteiger partial charge in [-0.15, -0.1) is 0 Å². The van der Waals surface area contributed by atoms with Crippen LogP contribution >= 0.6 is 7.14 Å². The average molecular weight is 838 g/mol. The highest BCUT2D eigenvalue weighted by molar-refractivity contribution is 7.86. The zero-order chi connectivity index (χ0) is 42.9. The van der Waals surface area contributed by atoms with Gasteiger partial charge in [-0.05, 0) is 54.9 Å². The van der Waals surface area contributed by atoms with Crippen LogP contribution in [0.1, 0.15) is 0 Å². The zero-order valence-electron chi connectivity index (χ0n) is 34.8. The third-order valence-corrected chi connectivity index (χ3v) is 15.2. The van der Waals surface area contributed by atoms with Crippen molar-refractivity contribution in [3.05, 3.63) is 243 Å². The lowest BCUT2D eigenvalue weighted by atomic mass is 9.99. The third-order valence-electron chi connectivity index (χ3n) is 12.1. The fourth-order valence-electron chi connectivity index (χ4n) is 8.70. The first-order valence-electron chi connectivity index (χ1n) is 21.4. The molecule has 1 aromatic heterocycles. The lowest BCUT2D eigenvalue weighted by Crippen LogP contribution is -2.26. The van der Waals surface area contributed by atoms with Crippen LogP contribution in [0.15, 0.2) is 243 Å². The van der Waals surface area contributed by atoms with E-state index in [1.165, 1.54) is 0 Å². The molecule has 0 amide bonds. The maximum Gasteiger partial charge on any atom is 0.172 e. The Morgan fingerprint density at radius 2 is 0.531 bits per heavy atom. The van der Waals surface area contributed by atoms with E-state index in [0.29, 0.717) is 17.5 Å². The molecule has 0 fully saturated rings. The van der Waals surface area contributed by atoms with Crippen LogP contribution in [0.2, 0.25) is 0 Å². The van der Waals surface area contributed by atoms with Crippen LogP contribution in [0.5, 0.6) is 0 Å². The van der Waals surface area contributed by atoms with Crippen LogP contribution in [0.4, 0.5) is 0 Å². The molecule has 11 aromatic rings. The second kappa shape index (κ2) is 16.7. The van der Waals surface area contributed by atoms with E-state index < -0.39 is 7.14 Å². The van der Waals surface area contributed by atoms with E-state index in [1.54, 1.807) is 0 Å². The summed E-state index contributed by atoms with van der Waals surface area (Å²) in [7, 11) is -3.32. The molecule has 11 rings (SSSR count). The molecule has 10 aromatic carbocycles. The molecule has 0 unspecified atom stereocenters. The average Bonchev–Trinajstić information content (AvgIpc) is 3.38. The molecule has 0 aliphatic heterocycles. The van der Waals surface area contributed by atoms with Crippen molar-refractivity contribution in [3.63, 3.8) is 0 Å². The van der Waals surface area contributed by atoms with Crippen molar-refractivity contribution < 1.29 is 4.57 Å². The molecular weight excluding hydrogens is 798 g/mol. The number of hydrogen-bond acceptors (Lipinski definition) is 4. The molecule has 0 spiro atoms. The lowest BCUT2D eigenvalue weighted by Gasteiger charge is -2.23. The molecule has 0 aliphatic carbocycles. The first-order chi connectivity index (χ1) is 31.6. The topological polar surface area (TPSA) is 55.7 Å². The van der Waals surface area contributed by atoms with Crippen LogP contribution in [0, 0.1) is 0 Å². The van der Waals surface area contributed by atoms with Gasteiger partial charge in [0.1, 0.15) is 0 Å². The van der Waals surface area contributed by atoms with E-state index in [1.807, 2.05) is 84.9 Å². The van der Waals surface area contributed by atoms with Gasteiger partial charge in [0.25, 0.3) is 0 Å². The summed E-state index contributed by atoms with van der Waals surface area (Å²) in [6.45, 7) is 0. The third kappa shape index (κ3) is 7.30. The Morgan fingerprint density at radius 3 is 0.938 bits per heavy atom. The van der Waals surface area contributed by atoms with Crippen molar-refractivity contribution in [3.8, 4) is 67.5 Å². The fraction of sp³-hybridized carbons (Fsp3) is 0. The van der Waals surface area contributed by atoms with Gasteiger partial charge < -0.3 is 4.57 Å². The van der Waals surface area contributed by atoms with E-state index in [0.717, 1.165) is 87.5 Å². The minimum Gasteiger partial charge on any atom is -0.309 e. The van der Waals surface area contributed by atoms with Crippen molar-refractivity contribution in [1.82, 2.24) is 15.0 Å². The van der Waals surface area contributed by atoms with E-state index >= 15 is 4.57 Å². The van der Waals surface area contributed by atoms with E-state index in [2.05, 4.69) is 158 Å². The minimum absolute atomic E-state index is 0.617. The molecular formula is C59H40N3OP. The van der Waals surface area contributed by atoms with Gasteiger partial charge >= 0.3 is 0 Å². The second-order valence-electron chi connectivity index (χ2n) is 15.9. The summed E-state index contributed by atoms with van der Waals surface area (Å²) >= 11 is 0. The Morgan fingerprint density at radius 1 is 0.250 bits per heavy atom. The molecule has 0 aliphatic rings. The molecule has 0 saturated heterocycles. The largest absolute Gasteiger partial charge is 0.309 e. The summed E-state index contributed by atoms with van der Waals surface area (Å²) in [5.41, 5.74) is 9.40. The number of benzene rings is 10. The number of rotatable bonds is 9. The highest BCUT2D eigenvalue weighted by Crippen LogP contribution is 2.46. The molecule has 0 saturated carbocycles. The van der Waals surface area contributed by atoms with Crippen molar-refractivity contribution in [2.75, 3.05) is 0 Å². The molecule has 5 heteroatoms. The molecule has 4 nitrogen and oxygen atoms in total. The van der Waals surface area contributed by atoms with Gasteiger partial charge in [0.2, 0.25) is 0 Å². The quantitative estimate of drug-likeness (QED) is 0.136. The first-order valence-corrected chi connectivity index (χ1v) is 23.2. The lowest BCUT2D eigenvalue weighted by molar-refractivity contribution is 0.593. The molecule has 0 radical (unpaired) electrons. The zero-order valence-corrected chi connectivity index (χ0v) is 35.7. The monoisotopic (exact) mass is 837 g/mol. The van der Waals surface area contributed by atoms with E-state index in [4.69, 9.17) is 15.0 Å². The van der Waals surface area contributed by atoms with Gasteiger partial charge in [-0.3, -0.25) is 0 Å². The van der Waals surface area contributed by atoms with Crippen LogP contribution in [0.25, 0.3) is 89.1 Å². The van der Waals surface area contributed by atoms with Crippen molar-refractivity contribution >= 4 is 44.6 Å².